The number of thioether (sulfide) groups is 1. The summed E-state index contributed by atoms with van der Waals surface area (Å²) in [6, 6.07) is 13.7. The molecule has 0 spiro atoms. The molecule has 148 valence electrons. The molecule has 1 atom stereocenters. The van der Waals surface area contributed by atoms with E-state index in [1.807, 2.05) is 35.0 Å². The van der Waals surface area contributed by atoms with Crippen LogP contribution < -0.4 is 5.32 Å². The third-order valence-electron chi connectivity index (χ3n) is 4.05. The summed E-state index contributed by atoms with van der Waals surface area (Å²) >= 11 is 4.45. The number of thiophene rings is 2. The van der Waals surface area contributed by atoms with Crippen molar-refractivity contribution in [3.05, 3.63) is 80.4 Å². The molecule has 3 heterocycles. The lowest BCUT2D eigenvalue weighted by Gasteiger charge is -2.18. The van der Waals surface area contributed by atoms with E-state index in [2.05, 4.69) is 20.8 Å². The number of tetrazole rings is 1. The average molecular weight is 446 g/mol. The molecular formula is C19H16FN5OS3. The van der Waals surface area contributed by atoms with Crippen LogP contribution in [-0.2, 0) is 11.3 Å². The maximum absolute atomic E-state index is 13.3. The monoisotopic (exact) mass is 445 g/mol. The van der Waals surface area contributed by atoms with Gasteiger partial charge in [-0.2, -0.15) is 0 Å². The SMILES string of the molecule is O=C(CSc1nnnn1Cc1cccs1)NC(c1ccc(F)cc1)c1cccs1. The molecule has 6 nitrogen and oxygen atoms in total. The minimum absolute atomic E-state index is 0.150. The van der Waals surface area contributed by atoms with Gasteiger partial charge in [-0.15, -0.1) is 27.8 Å². The van der Waals surface area contributed by atoms with Crippen molar-refractivity contribution in [3.8, 4) is 0 Å². The molecule has 0 saturated carbocycles. The van der Waals surface area contributed by atoms with Gasteiger partial charge in [-0.3, -0.25) is 4.79 Å². The van der Waals surface area contributed by atoms with Gasteiger partial charge in [0, 0.05) is 9.75 Å². The summed E-state index contributed by atoms with van der Waals surface area (Å²) in [5, 5.41) is 19.3. The molecule has 10 heteroatoms. The minimum Gasteiger partial charge on any atom is -0.344 e. The molecular weight excluding hydrogens is 429 g/mol. The predicted octanol–water partition coefficient (Wildman–Crippen LogP) is 3.98. The first-order chi connectivity index (χ1) is 14.2. The number of carbonyl (C=O) groups is 1. The number of carbonyl (C=O) groups excluding carboxylic acids is 1. The lowest BCUT2D eigenvalue weighted by molar-refractivity contribution is -0.119. The van der Waals surface area contributed by atoms with E-state index in [1.54, 1.807) is 39.5 Å². The summed E-state index contributed by atoms with van der Waals surface area (Å²) in [5.74, 6) is -0.282. The maximum atomic E-state index is 13.3. The van der Waals surface area contributed by atoms with E-state index in [4.69, 9.17) is 0 Å². The van der Waals surface area contributed by atoms with Gasteiger partial charge in [-0.1, -0.05) is 36.0 Å². The van der Waals surface area contributed by atoms with E-state index in [-0.39, 0.29) is 23.5 Å². The number of aromatic nitrogens is 4. The van der Waals surface area contributed by atoms with Crippen LogP contribution in [0.2, 0.25) is 0 Å². The fraction of sp³-hybridized carbons (Fsp3) is 0.158. The molecule has 1 amide bonds. The van der Waals surface area contributed by atoms with E-state index in [9.17, 15) is 9.18 Å². The lowest BCUT2D eigenvalue weighted by Crippen LogP contribution is -2.30. The molecule has 0 aliphatic rings. The second-order valence-electron chi connectivity index (χ2n) is 6.05. The van der Waals surface area contributed by atoms with Crippen molar-refractivity contribution in [3.63, 3.8) is 0 Å². The fourth-order valence-corrected chi connectivity index (χ4v) is 4.89. The fourth-order valence-electron chi connectivity index (χ4n) is 2.71. The zero-order valence-electron chi connectivity index (χ0n) is 15.1. The summed E-state index contributed by atoms with van der Waals surface area (Å²) in [6.45, 7) is 0.571. The molecule has 4 aromatic rings. The van der Waals surface area contributed by atoms with Crippen LogP contribution in [0.4, 0.5) is 4.39 Å². The zero-order valence-corrected chi connectivity index (χ0v) is 17.5. The van der Waals surface area contributed by atoms with Gasteiger partial charge in [-0.05, 0) is 51.0 Å². The maximum Gasteiger partial charge on any atom is 0.231 e. The van der Waals surface area contributed by atoms with Gasteiger partial charge in [0.2, 0.25) is 11.1 Å². The van der Waals surface area contributed by atoms with E-state index in [0.29, 0.717) is 11.7 Å². The van der Waals surface area contributed by atoms with Crippen LogP contribution in [0.3, 0.4) is 0 Å². The Morgan fingerprint density at radius 3 is 2.66 bits per heavy atom. The Balaban J connectivity index is 1.41. The molecule has 1 unspecified atom stereocenters. The van der Waals surface area contributed by atoms with Crippen LogP contribution in [0, 0.1) is 5.82 Å². The number of nitrogens with one attached hydrogen (secondary N) is 1. The van der Waals surface area contributed by atoms with Gasteiger partial charge in [-0.25, -0.2) is 9.07 Å². The van der Waals surface area contributed by atoms with Crippen LogP contribution in [0.15, 0.2) is 64.4 Å². The van der Waals surface area contributed by atoms with Gasteiger partial charge in [0.05, 0.1) is 18.3 Å². The summed E-state index contributed by atoms with van der Waals surface area (Å²) in [6.07, 6.45) is 0. The molecule has 0 aliphatic carbocycles. The molecule has 0 radical (unpaired) electrons. The summed E-state index contributed by atoms with van der Waals surface area (Å²) in [5.41, 5.74) is 0.828. The first-order valence-corrected chi connectivity index (χ1v) is 11.4. The Labute approximate surface area is 178 Å². The third kappa shape index (κ3) is 5.08. The smallest absolute Gasteiger partial charge is 0.231 e. The van der Waals surface area contributed by atoms with Gasteiger partial charge in [0.15, 0.2) is 0 Å². The zero-order chi connectivity index (χ0) is 20.1. The lowest BCUT2D eigenvalue weighted by atomic mass is 10.1. The Kier molecular flexibility index (Phi) is 6.33. The van der Waals surface area contributed by atoms with Crippen molar-refractivity contribution in [2.24, 2.45) is 0 Å². The Hall–Kier alpha value is -2.56. The second kappa shape index (κ2) is 9.29. The van der Waals surface area contributed by atoms with Gasteiger partial charge in [0.1, 0.15) is 5.82 Å². The van der Waals surface area contributed by atoms with Crippen molar-refractivity contribution >= 4 is 40.3 Å². The van der Waals surface area contributed by atoms with Crippen LogP contribution in [-0.4, -0.2) is 31.9 Å². The molecule has 1 N–H and O–H groups in total. The number of hydrogen-bond acceptors (Lipinski definition) is 7. The summed E-state index contributed by atoms with van der Waals surface area (Å²) < 4.78 is 15.0. The van der Waals surface area contributed by atoms with Crippen LogP contribution in [0.5, 0.6) is 0 Å². The summed E-state index contributed by atoms with van der Waals surface area (Å²) in [7, 11) is 0. The quantitative estimate of drug-likeness (QED) is 0.415. The molecule has 0 saturated heterocycles. The van der Waals surface area contributed by atoms with Crippen molar-refractivity contribution < 1.29 is 9.18 Å². The first kappa shape index (κ1) is 19.7. The molecule has 0 bridgehead atoms. The standard InChI is InChI=1S/C19H16FN5OS3/c20-14-7-5-13(6-8-14)18(16-4-2-10-28-16)21-17(26)12-29-19-22-23-24-25(19)11-15-3-1-9-27-15/h1-10,18H,11-12H2,(H,21,26). The number of rotatable bonds is 8. The van der Waals surface area contributed by atoms with Crippen LogP contribution in [0.25, 0.3) is 0 Å². The van der Waals surface area contributed by atoms with E-state index < -0.39 is 0 Å². The molecule has 1 aromatic carbocycles. The van der Waals surface area contributed by atoms with Crippen molar-refractivity contribution in [2.75, 3.05) is 5.75 Å². The molecule has 3 aromatic heterocycles. The highest BCUT2D eigenvalue weighted by Gasteiger charge is 2.19. The molecule has 4 rings (SSSR count). The van der Waals surface area contributed by atoms with Gasteiger partial charge < -0.3 is 5.32 Å². The largest absolute Gasteiger partial charge is 0.344 e. The van der Waals surface area contributed by atoms with Crippen LogP contribution >= 0.6 is 34.4 Å². The first-order valence-electron chi connectivity index (χ1n) is 8.68. The molecule has 0 aliphatic heterocycles. The Morgan fingerprint density at radius 2 is 1.93 bits per heavy atom. The summed E-state index contributed by atoms with van der Waals surface area (Å²) in [4.78, 5) is 14.8. The number of amides is 1. The van der Waals surface area contributed by atoms with E-state index in [0.717, 1.165) is 15.3 Å². The van der Waals surface area contributed by atoms with Crippen molar-refractivity contribution in [1.82, 2.24) is 25.5 Å². The number of halogens is 1. The molecule has 29 heavy (non-hydrogen) atoms. The van der Waals surface area contributed by atoms with Gasteiger partial charge in [0.25, 0.3) is 0 Å². The highest BCUT2D eigenvalue weighted by Crippen LogP contribution is 2.27. The van der Waals surface area contributed by atoms with E-state index in [1.165, 1.54) is 23.9 Å². The minimum atomic E-state index is -0.328. The number of nitrogens with zero attached hydrogens (tertiary/aromatic N) is 4. The topological polar surface area (TPSA) is 72.7 Å². The highest BCUT2D eigenvalue weighted by atomic mass is 32.2. The number of hydrogen-bond donors (Lipinski definition) is 1. The third-order valence-corrected chi connectivity index (χ3v) is 6.81. The Bertz CT molecular complexity index is 1050. The second-order valence-corrected chi connectivity index (χ2v) is 9.01. The Morgan fingerprint density at radius 1 is 1.14 bits per heavy atom. The van der Waals surface area contributed by atoms with Crippen LogP contribution in [0.1, 0.15) is 21.4 Å². The van der Waals surface area contributed by atoms with Crippen molar-refractivity contribution in [2.45, 2.75) is 17.7 Å². The number of benzene rings is 1. The van der Waals surface area contributed by atoms with Crippen molar-refractivity contribution in [1.29, 1.82) is 0 Å². The highest BCUT2D eigenvalue weighted by molar-refractivity contribution is 7.99. The van der Waals surface area contributed by atoms with Gasteiger partial charge >= 0.3 is 0 Å². The van der Waals surface area contributed by atoms with E-state index >= 15 is 0 Å². The molecule has 0 fully saturated rings. The normalized spacial score (nSPS) is 12.0. The predicted molar refractivity (Wildman–Crippen MR) is 113 cm³/mol. The average Bonchev–Trinajstić information content (AvgIpc) is 3.49.